The van der Waals surface area contributed by atoms with Gasteiger partial charge in [0.1, 0.15) is 18.0 Å². The Hall–Kier alpha value is -3.56. The maximum atomic E-state index is 13.8. The lowest BCUT2D eigenvalue weighted by Gasteiger charge is -2.42. The molecule has 0 aliphatic carbocycles. The van der Waals surface area contributed by atoms with Gasteiger partial charge in [-0.2, -0.15) is 5.10 Å². The lowest BCUT2D eigenvalue weighted by Crippen LogP contribution is -2.52. The molecule has 0 saturated carbocycles. The Morgan fingerprint density at radius 3 is 2.38 bits per heavy atom. The van der Waals surface area contributed by atoms with E-state index in [4.69, 9.17) is 0 Å². The van der Waals surface area contributed by atoms with E-state index in [2.05, 4.69) is 66.4 Å². The molecule has 0 unspecified atom stereocenters. The van der Waals surface area contributed by atoms with Crippen LogP contribution in [0, 0.1) is 12.7 Å². The molecule has 2 aromatic heterocycles. The number of nitrogens with one attached hydrogen (secondary N) is 1. The molecule has 6 rings (SSSR count). The minimum Gasteiger partial charge on any atom is -0.371 e. The van der Waals surface area contributed by atoms with Crippen LogP contribution in [0.15, 0.2) is 55.0 Å². The minimum absolute atomic E-state index is 0.294. The van der Waals surface area contributed by atoms with Gasteiger partial charge in [-0.3, -0.25) is 4.90 Å². The first-order valence-corrected chi connectivity index (χ1v) is 13.0. The second-order valence-corrected chi connectivity index (χ2v) is 10.2. The number of benzene rings is 2. The van der Waals surface area contributed by atoms with Gasteiger partial charge in [-0.1, -0.05) is 6.07 Å². The van der Waals surface area contributed by atoms with Gasteiger partial charge in [0.2, 0.25) is 0 Å². The Bertz CT molecular complexity index is 1370. The Balaban J connectivity index is 1.16. The molecule has 4 aromatic rings. The van der Waals surface area contributed by atoms with E-state index in [0.29, 0.717) is 23.2 Å². The number of aryl methyl sites for hydroxylation is 1. The number of likely N-dealkylation sites (N-methyl/N-ethyl adjacent to an activating group) is 1. The fourth-order valence-corrected chi connectivity index (χ4v) is 5.47. The number of fused-ring (bicyclic) bond motifs is 1. The Morgan fingerprint density at radius 1 is 0.892 bits per heavy atom. The fraction of sp³-hybridized carbons (Fsp3) is 0.393. The summed E-state index contributed by atoms with van der Waals surface area (Å²) in [6, 6.07) is 13.9. The van der Waals surface area contributed by atoms with Crippen molar-refractivity contribution in [2.45, 2.75) is 25.8 Å². The van der Waals surface area contributed by atoms with Crippen LogP contribution in [-0.2, 0) is 0 Å². The zero-order valence-electron chi connectivity index (χ0n) is 21.4. The minimum atomic E-state index is -0.294. The number of hydrogen-bond donors (Lipinski definition) is 1. The highest BCUT2D eigenvalue weighted by molar-refractivity contribution is 5.89. The van der Waals surface area contributed by atoms with E-state index < -0.39 is 0 Å². The smallest absolute Gasteiger partial charge is 0.168 e. The molecule has 192 valence electrons. The van der Waals surface area contributed by atoms with Crippen molar-refractivity contribution < 1.29 is 4.39 Å². The van der Waals surface area contributed by atoms with Gasteiger partial charge >= 0.3 is 0 Å². The highest BCUT2D eigenvalue weighted by Gasteiger charge is 2.26. The molecule has 0 spiro atoms. The van der Waals surface area contributed by atoms with Crippen molar-refractivity contribution in [3.05, 3.63) is 66.4 Å². The average Bonchev–Trinajstić information content (AvgIpc) is 3.37. The molecule has 4 heterocycles. The van der Waals surface area contributed by atoms with Gasteiger partial charge in [0.05, 0.1) is 17.3 Å². The number of nitrogens with zero attached hydrogens (tertiary/aromatic N) is 7. The van der Waals surface area contributed by atoms with Crippen molar-refractivity contribution >= 4 is 28.2 Å². The Morgan fingerprint density at radius 2 is 1.62 bits per heavy atom. The average molecular weight is 501 g/mol. The van der Waals surface area contributed by atoms with Gasteiger partial charge in [0.15, 0.2) is 5.65 Å². The van der Waals surface area contributed by atoms with Crippen molar-refractivity contribution in [1.29, 1.82) is 0 Å². The van der Waals surface area contributed by atoms with Crippen LogP contribution in [0.1, 0.15) is 18.4 Å². The molecule has 2 aromatic carbocycles. The zero-order chi connectivity index (χ0) is 25.4. The molecule has 2 fully saturated rings. The van der Waals surface area contributed by atoms with Gasteiger partial charge in [-0.25, -0.2) is 19.0 Å². The number of hydrogen-bond acceptors (Lipinski definition) is 7. The standard InChI is InChI=1S/C28H33FN8/c1-20-3-4-21(29)17-26(20)33-27-25-18-32-37(28(25)31-19-30-27)24-7-5-22(6-8-24)35-11-9-23(10-12-35)36-15-13-34(2)14-16-36/h3-8,17-19,23H,9-16H2,1-2H3,(H,30,31,33). The third kappa shape index (κ3) is 4.89. The normalized spacial score (nSPS) is 18.0. The van der Waals surface area contributed by atoms with Gasteiger partial charge in [0, 0.05) is 56.7 Å². The number of halogens is 1. The molecule has 0 atom stereocenters. The molecule has 2 aliphatic heterocycles. The molecule has 8 nitrogen and oxygen atoms in total. The number of piperidine rings is 1. The topological polar surface area (TPSA) is 65.4 Å². The zero-order valence-corrected chi connectivity index (χ0v) is 21.4. The highest BCUT2D eigenvalue weighted by atomic mass is 19.1. The van der Waals surface area contributed by atoms with Gasteiger partial charge in [-0.15, -0.1) is 0 Å². The summed E-state index contributed by atoms with van der Waals surface area (Å²) in [6.45, 7) is 8.84. The van der Waals surface area contributed by atoms with Crippen LogP contribution >= 0.6 is 0 Å². The van der Waals surface area contributed by atoms with E-state index in [0.717, 1.165) is 29.7 Å². The second kappa shape index (κ2) is 10.1. The highest BCUT2D eigenvalue weighted by Crippen LogP contribution is 2.28. The molecular formula is C28H33FN8. The third-order valence-corrected chi connectivity index (χ3v) is 7.80. The van der Waals surface area contributed by atoms with Crippen LogP contribution in [0.3, 0.4) is 0 Å². The predicted molar refractivity (Wildman–Crippen MR) is 145 cm³/mol. The SMILES string of the molecule is Cc1ccc(F)cc1Nc1ncnc2c1cnn2-c1ccc(N2CCC(N3CCN(C)CC3)CC2)cc1. The lowest BCUT2D eigenvalue weighted by atomic mass is 10.0. The van der Waals surface area contributed by atoms with Crippen LogP contribution < -0.4 is 10.2 Å². The van der Waals surface area contributed by atoms with Crippen LogP contribution in [0.5, 0.6) is 0 Å². The summed E-state index contributed by atoms with van der Waals surface area (Å²) < 4.78 is 15.6. The Labute approximate surface area is 216 Å². The van der Waals surface area contributed by atoms with E-state index in [-0.39, 0.29) is 5.82 Å². The van der Waals surface area contributed by atoms with Gasteiger partial charge in [0.25, 0.3) is 0 Å². The second-order valence-electron chi connectivity index (χ2n) is 10.2. The molecule has 1 N–H and O–H groups in total. The number of rotatable bonds is 5. The van der Waals surface area contributed by atoms with Crippen LogP contribution in [-0.4, -0.2) is 81.9 Å². The molecular weight excluding hydrogens is 467 g/mol. The number of anilines is 3. The molecule has 0 amide bonds. The fourth-order valence-electron chi connectivity index (χ4n) is 5.47. The van der Waals surface area contributed by atoms with Crippen molar-refractivity contribution in [3.8, 4) is 5.69 Å². The summed E-state index contributed by atoms with van der Waals surface area (Å²) >= 11 is 0. The van der Waals surface area contributed by atoms with E-state index in [1.807, 2.05) is 11.6 Å². The molecule has 0 bridgehead atoms. The molecule has 2 saturated heterocycles. The van der Waals surface area contributed by atoms with Crippen LogP contribution in [0.2, 0.25) is 0 Å². The summed E-state index contributed by atoms with van der Waals surface area (Å²) in [7, 11) is 2.21. The van der Waals surface area contributed by atoms with Gasteiger partial charge in [-0.05, 0) is 68.8 Å². The van der Waals surface area contributed by atoms with E-state index in [9.17, 15) is 4.39 Å². The number of piperazine rings is 1. The monoisotopic (exact) mass is 500 g/mol. The molecule has 0 radical (unpaired) electrons. The number of aromatic nitrogens is 4. The summed E-state index contributed by atoms with van der Waals surface area (Å²) in [5.74, 6) is 0.308. The summed E-state index contributed by atoms with van der Waals surface area (Å²) in [6.07, 6.45) is 5.69. The summed E-state index contributed by atoms with van der Waals surface area (Å²) in [5, 5.41) is 8.62. The van der Waals surface area contributed by atoms with E-state index >= 15 is 0 Å². The first-order chi connectivity index (χ1) is 18.0. The van der Waals surface area contributed by atoms with Crippen molar-refractivity contribution in [3.63, 3.8) is 0 Å². The quantitative estimate of drug-likeness (QED) is 0.440. The predicted octanol–water partition coefficient (Wildman–Crippen LogP) is 4.22. The van der Waals surface area contributed by atoms with Crippen molar-refractivity contribution in [1.82, 2.24) is 29.5 Å². The van der Waals surface area contributed by atoms with Crippen LogP contribution in [0.4, 0.5) is 21.6 Å². The van der Waals surface area contributed by atoms with Gasteiger partial charge < -0.3 is 15.1 Å². The third-order valence-electron chi connectivity index (χ3n) is 7.80. The Kier molecular flexibility index (Phi) is 6.48. The summed E-state index contributed by atoms with van der Waals surface area (Å²) in [5.41, 5.74) is 4.50. The maximum absolute atomic E-state index is 13.8. The van der Waals surface area contributed by atoms with E-state index in [1.54, 1.807) is 12.3 Å². The largest absolute Gasteiger partial charge is 0.371 e. The first kappa shape index (κ1) is 23.8. The van der Waals surface area contributed by atoms with Crippen LogP contribution in [0.25, 0.3) is 16.7 Å². The lowest BCUT2D eigenvalue weighted by molar-refractivity contribution is 0.0982. The maximum Gasteiger partial charge on any atom is 0.168 e. The first-order valence-electron chi connectivity index (χ1n) is 13.0. The summed E-state index contributed by atoms with van der Waals surface area (Å²) in [4.78, 5) is 16.5. The van der Waals surface area contributed by atoms with Crippen molar-refractivity contribution in [2.24, 2.45) is 0 Å². The molecule has 37 heavy (non-hydrogen) atoms. The van der Waals surface area contributed by atoms with E-state index in [1.165, 1.54) is 63.2 Å². The molecule has 9 heteroatoms. The molecule has 2 aliphatic rings. The van der Waals surface area contributed by atoms with Crippen molar-refractivity contribution in [2.75, 3.05) is 56.5 Å².